The SMILES string of the molecule is CCCCCC/C=C\C/C=C\CCCCCCCC(=O)OCCCCCCCCCCCCCCCCCCCCCCCCCCCCCCCCC(=O)NC(CO)C(O)CCCCCCCCCCCCCCCCCCCC. The second kappa shape index (κ2) is 70.8. The Kier molecular flexibility index (Phi) is 69.4. The Bertz CT molecular complexity index is 1270. The molecule has 0 saturated carbocycles. The van der Waals surface area contributed by atoms with E-state index in [0.717, 1.165) is 51.4 Å². The highest BCUT2D eigenvalue weighted by Gasteiger charge is 2.20. The molecule has 0 bridgehead atoms. The Morgan fingerprint density at radius 1 is 0.346 bits per heavy atom. The Morgan fingerprint density at radius 3 is 0.951 bits per heavy atom. The molecule has 2 unspecified atom stereocenters. The topological polar surface area (TPSA) is 95.9 Å². The third kappa shape index (κ3) is 67.3. The number of aliphatic hydroxyl groups excluding tert-OH is 2. The number of carbonyl (C=O) groups excluding carboxylic acids is 2. The molecule has 0 aliphatic heterocycles. The molecule has 0 fully saturated rings. The van der Waals surface area contributed by atoms with Gasteiger partial charge in [0.15, 0.2) is 0 Å². The first-order valence-corrected chi connectivity index (χ1v) is 37.1. The molecule has 6 heteroatoms. The molecule has 0 aromatic heterocycles. The number of unbranched alkanes of at least 4 members (excludes halogenated alkanes) is 55. The second-order valence-corrected chi connectivity index (χ2v) is 25.6. The number of ether oxygens (including phenoxy) is 1. The van der Waals surface area contributed by atoms with Gasteiger partial charge in [0.05, 0.1) is 25.4 Å². The van der Waals surface area contributed by atoms with E-state index in [0.29, 0.717) is 25.9 Å². The summed E-state index contributed by atoms with van der Waals surface area (Å²) in [5.74, 6) is -0.0195. The van der Waals surface area contributed by atoms with Crippen LogP contribution in [0.2, 0.25) is 0 Å². The van der Waals surface area contributed by atoms with Crippen LogP contribution in [0.25, 0.3) is 0 Å². The molecule has 1 amide bonds. The van der Waals surface area contributed by atoms with Crippen LogP contribution >= 0.6 is 0 Å². The van der Waals surface area contributed by atoms with Crippen LogP contribution in [0.1, 0.15) is 418 Å². The number of aliphatic hydroxyl groups is 2. The number of carbonyl (C=O) groups is 2. The first-order chi connectivity index (χ1) is 40.0. The maximum atomic E-state index is 12.5. The molecule has 6 nitrogen and oxygen atoms in total. The van der Waals surface area contributed by atoms with Crippen molar-refractivity contribution in [2.45, 2.75) is 431 Å². The zero-order valence-corrected chi connectivity index (χ0v) is 55.0. The minimum absolute atomic E-state index is 0.00741. The monoisotopic (exact) mass is 1140 g/mol. The molecule has 81 heavy (non-hydrogen) atoms. The van der Waals surface area contributed by atoms with Gasteiger partial charge in [-0.3, -0.25) is 9.59 Å². The highest BCUT2D eigenvalue weighted by atomic mass is 16.5. The van der Waals surface area contributed by atoms with E-state index in [1.165, 1.54) is 334 Å². The van der Waals surface area contributed by atoms with E-state index in [1.54, 1.807) is 0 Å². The van der Waals surface area contributed by atoms with Crippen LogP contribution in [0.5, 0.6) is 0 Å². The lowest BCUT2D eigenvalue weighted by molar-refractivity contribution is -0.143. The summed E-state index contributed by atoms with van der Waals surface area (Å²) in [4.78, 5) is 24.6. The van der Waals surface area contributed by atoms with Crippen molar-refractivity contribution in [1.29, 1.82) is 0 Å². The van der Waals surface area contributed by atoms with Crippen molar-refractivity contribution in [2.24, 2.45) is 0 Å². The summed E-state index contributed by atoms with van der Waals surface area (Å²) in [6, 6.07) is -0.539. The first kappa shape index (κ1) is 79.3. The predicted molar refractivity (Wildman–Crippen MR) is 356 cm³/mol. The molecule has 0 aliphatic carbocycles. The molecule has 0 heterocycles. The number of allylic oxidation sites excluding steroid dienone is 4. The van der Waals surface area contributed by atoms with Gasteiger partial charge in [-0.2, -0.15) is 0 Å². The van der Waals surface area contributed by atoms with E-state index in [-0.39, 0.29) is 18.5 Å². The van der Waals surface area contributed by atoms with E-state index >= 15 is 0 Å². The van der Waals surface area contributed by atoms with Crippen LogP contribution in [0, 0.1) is 0 Å². The van der Waals surface area contributed by atoms with Crippen molar-refractivity contribution in [2.75, 3.05) is 13.2 Å². The van der Waals surface area contributed by atoms with E-state index in [1.807, 2.05) is 0 Å². The predicted octanol–water partition coefficient (Wildman–Crippen LogP) is 24.1. The first-order valence-electron chi connectivity index (χ1n) is 37.1. The largest absolute Gasteiger partial charge is 0.466 e. The van der Waals surface area contributed by atoms with E-state index in [9.17, 15) is 19.8 Å². The van der Waals surface area contributed by atoms with Gasteiger partial charge in [-0.05, 0) is 57.8 Å². The van der Waals surface area contributed by atoms with Crippen LogP contribution in [0.15, 0.2) is 24.3 Å². The molecule has 0 rings (SSSR count). The van der Waals surface area contributed by atoms with Crippen LogP contribution < -0.4 is 5.32 Å². The fourth-order valence-electron chi connectivity index (χ4n) is 11.9. The van der Waals surface area contributed by atoms with Gasteiger partial charge in [0, 0.05) is 12.8 Å². The van der Waals surface area contributed by atoms with Gasteiger partial charge in [0.2, 0.25) is 5.91 Å². The summed E-state index contributed by atoms with van der Waals surface area (Å²) in [6.45, 7) is 4.97. The highest BCUT2D eigenvalue weighted by molar-refractivity contribution is 5.76. The Labute approximate surface area is 507 Å². The molecule has 0 radical (unpaired) electrons. The van der Waals surface area contributed by atoms with Crippen LogP contribution in [-0.4, -0.2) is 47.4 Å². The minimum Gasteiger partial charge on any atom is -0.466 e. The molecular formula is C75H145NO5. The lowest BCUT2D eigenvalue weighted by atomic mass is 10.0. The third-order valence-corrected chi connectivity index (χ3v) is 17.5. The average Bonchev–Trinajstić information content (AvgIpc) is 3.47. The fourth-order valence-corrected chi connectivity index (χ4v) is 11.9. The van der Waals surface area contributed by atoms with Crippen molar-refractivity contribution in [3.63, 3.8) is 0 Å². The number of amides is 1. The molecular weight excluding hydrogens is 995 g/mol. The lowest BCUT2D eigenvalue weighted by Crippen LogP contribution is -2.45. The van der Waals surface area contributed by atoms with Gasteiger partial charge in [0.25, 0.3) is 0 Å². The molecule has 0 saturated heterocycles. The van der Waals surface area contributed by atoms with Crippen molar-refractivity contribution in [3.8, 4) is 0 Å². The summed E-state index contributed by atoms with van der Waals surface area (Å²) >= 11 is 0. The summed E-state index contributed by atoms with van der Waals surface area (Å²) in [6.07, 6.45) is 89.6. The molecule has 0 spiro atoms. The fraction of sp³-hybridized carbons (Fsp3) is 0.920. The standard InChI is InChI=1S/C75H145NO5/c1-3-5-7-9-11-13-15-17-19-21-36-39-43-47-51-55-59-63-67-73(78)72(71-77)76-74(79)68-64-60-56-52-48-44-40-37-34-32-30-28-26-24-22-23-25-27-29-31-33-35-38-42-46-50-54-58-62-66-70-81-75(80)69-65-61-57-53-49-45-41-20-18-16-14-12-10-8-6-4-2/h14,16,20,41,72-73,77-78H,3-13,15,17-19,21-40,42-71H2,1-2H3,(H,76,79)/b16-14-,41-20-. The molecule has 0 aliphatic rings. The zero-order valence-electron chi connectivity index (χ0n) is 55.0. The average molecular weight is 1140 g/mol. The van der Waals surface area contributed by atoms with Crippen LogP contribution in [-0.2, 0) is 14.3 Å². The van der Waals surface area contributed by atoms with Crippen molar-refractivity contribution in [1.82, 2.24) is 5.32 Å². The Hall–Kier alpha value is -1.66. The molecule has 480 valence electrons. The van der Waals surface area contributed by atoms with Gasteiger partial charge in [-0.25, -0.2) is 0 Å². The normalized spacial score (nSPS) is 12.6. The lowest BCUT2D eigenvalue weighted by Gasteiger charge is -2.22. The van der Waals surface area contributed by atoms with E-state index in [4.69, 9.17) is 4.74 Å². The molecule has 2 atom stereocenters. The number of hydrogen-bond donors (Lipinski definition) is 3. The number of hydrogen-bond acceptors (Lipinski definition) is 5. The number of nitrogens with one attached hydrogen (secondary N) is 1. The van der Waals surface area contributed by atoms with Crippen LogP contribution in [0.4, 0.5) is 0 Å². The summed E-state index contributed by atoms with van der Waals surface area (Å²) in [5.41, 5.74) is 0. The van der Waals surface area contributed by atoms with Crippen molar-refractivity contribution in [3.05, 3.63) is 24.3 Å². The maximum Gasteiger partial charge on any atom is 0.305 e. The Balaban J connectivity index is 3.33. The number of rotatable bonds is 70. The van der Waals surface area contributed by atoms with Crippen molar-refractivity contribution < 1.29 is 24.5 Å². The van der Waals surface area contributed by atoms with Gasteiger partial charge in [-0.15, -0.1) is 0 Å². The van der Waals surface area contributed by atoms with Gasteiger partial charge >= 0.3 is 5.97 Å². The minimum atomic E-state index is -0.662. The van der Waals surface area contributed by atoms with Crippen molar-refractivity contribution >= 4 is 11.9 Å². The zero-order chi connectivity index (χ0) is 58.5. The molecule has 3 N–H and O–H groups in total. The summed E-state index contributed by atoms with van der Waals surface area (Å²) in [7, 11) is 0. The van der Waals surface area contributed by atoms with Gasteiger partial charge in [0.1, 0.15) is 0 Å². The van der Waals surface area contributed by atoms with E-state index < -0.39 is 12.1 Å². The quantitative estimate of drug-likeness (QED) is 0.0320. The maximum absolute atomic E-state index is 12.5. The summed E-state index contributed by atoms with van der Waals surface area (Å²) < 4.78 is 5.50. The highest BCUT2D eigenvalue weighted by Crippen LogP contribution is 2.20. The second-order valence-electron chi connectivity index (χ2n) is 25.6. The van der Waals surface area contributed by atoms with Gasteiger partial charge < -0.3 is 20.3 Å². The smallest absolute Gasteiger partial charge is 0.305 e. The number of esters is 1. The van der Waals surface area contributed by atoms with Gasteiger partial charge in [-0.1, -0.05) is 372 Å². The Morgan fingerprint density at radius 2 is 0.617 bits per heavy atom. The molecule has 0 aromatic rings. The summed E-state index contributed by atoms with van der Waals surface area (Å²) in [5, 5.41) is 23.4. The van der Waals surface area contributed by atoms with Crippen LogP contribution in [0.3, 0.4) is 0 Å². The third-order valence-electron chi connectivity index (χ3n) is 17.5. The molecule has 0 aromatic carbocycles. The van der Waals surface area contributed by atoms with E-state index in [2.05, 4.69) is 43.5 Å².